The lowest BCUT2D eigenvalue weighted by atomic mass is 9.53. The van der Waals surface area contributed by atoms with Crippen molar-refractivity contribution < 1.29 is 34.8 Å². The molecule has 0 aliphatic heterocycles. The van der Waals surface area contributed by atoms with Gasteiger partial charge < -0.3 is 20.4 Å². The molecule has 218 valence electrons. The normalized spacial score (nSPS) is 36.5. The van der Waals surface area contributed by atoms with Gasteiger partial charge in [0.05, 0.1) is 17.1 Å². The zero-order valence-electron chi connectivity index (χ0n) is 24.9. The Balaban J connectivity index is 2.07. The maximum absolute atomic E-state index is 13.3. The van der Waals surface area contributed by atoms with E-state index >= 15 is 0 Å². The molecule has 7 nitrogen and oxygen atoms in total. The molecule has 0 amide bonds. The number of allylic oxidation sites excluding steroid dienone is 4. The number of carbonyl (C=O) groups is 3. The average molecular weight is 545 g/mol. The van der Waals surface area contributed by atoms with Gasteiger partial charge in [0.25, 0.3) is 0 Å². The van der Waals surface area contributed by atoms with Crippen molar-refractivity contribution in [3.8, 4) is 0 Å². The van der Waals surface area contributed by atoms with Crippen LogP contribution < -0.4 is 0 Å². The van der Waals surface area contributed by atoms with Crippen LogP contribution in [0.1, 0.15) is 93.9 Å². The van der Waals surface area contributed by atoms with Crippen molar-refractivity contribution in [2.75, 3.05) is 0 Å². The van der Waals surface area contributed by atoms with Crippen LogP contribution in [0.25, 0.3) is 0 Å². The van der Waals surface area contributed by atoms with Crippen LogP contribution in [0.4, 0.5) is 0 Å². The van der Waals surface area contributed by atoms with E-state index in [1.165, 1.54) is 32.9 Å². The first-order chi connectivity index (χ1) is 17.7. The molecule has 3 aliphatic rings. The highest BCUT2D eigenvalue weighted by atomic mass is 16.3. The second-order valence-electron chi connectivity index (χ2n) is 13.9. The number of hydrogen-bond donors (Lipinski definition) is 4. The third-order valence-corrected chi connectivity index (χ3v) is 10.3. The fourth-order valence-corrected chi connectivity index (χ4v) is 7.90. The maximum Gasteiger partial charge on any atom is 0.206 e. The quantitative estimate of drug-likeness (QED) is 0.255. The summed E-state index contributed by atoms with van der Waals surface area (Å²) in [6.45, 7) is 13.9. The first kappa shape index (κ1) is 31.4. The predicted octanol–water partition coefficient (Wildman–Crippen LogP) is 4.79. The molecule has 0 saturated heterocycles. The summed E-state index contributed by atoms with van der Waals surface area (Å²) in [5.41, 5.74) is -4.58. The van der Waals surface area contributed by atoms with E-state index < -0.39 is 45.3 Å². The van der Waals surface area contributed by atoms with Crippen molar-refractivity contribution >= 4 is 17.3 Å². The standard InChI is InChI=1S/C32H48O7/c1-9-21(33)17-31(7)26(32(8,39)25(36)14-15-28(2,3)38)24(35)18-30(31,6)20-11-10-19-16-23(34)27(37)29(4,5)22(19)13-12-20/h13-16,19-20,24,26,34-35,38-39H,9-12,17-18H2,1-8H3/b15-14+/t19-,20-,24-,26?,30-,31?,32-/m0/s1. The minimum absolute atomic E-state index is 0.00154. The number of carbonyl (C=O) groups excluding carboxylic acids is 3. The number of hydrogen-bond acceptors (Lipinski definition) is 7. The lowest BCUT2D eigenvalue weighted by Crippen LogP contribution is -2.55. The van der Waals surface area contributed by atoms with Gasteiger partial charge in [-0.25, -0.2) is 0 Å². The molecule has 0 spiro atoms. The van der Waals surface area contributed by atoms with Gasteiger partial charge in [-0.1, -0.05) is 38.5 Å². The van der Waals surface area contributed by atoms with Crippen LogP contribution in [0.15, 0.2) is 35.6 Å². The summed E-state index contributed by atoms with van der Waals surface area (Å²) in [4.78, 5) is 39.1. The van der Waals surface area contributed by atoms with Gasteiger partial charge in [0.1, 0.15) is 11.4 Å². The van der Waals surface area contributed by atoms with Gasteiger partial charge in [0.15, 0.2) is 11.5 Å². The molecular weight excluding hydrogens is 496 g/mol. The van der Waals surface area contributed by atoms with Crippen molar-refractivity contribution in [1.82, 2.24) is 0 Å². The molecule has 3 rings (SSSR count). The van der Waals surface area contributed by atoms with E-state index in [1.54, 1.807) is 13.0 Å². The summed E-state index contributed by atoms with van der Waals surface area (Å²) >= 11 is 0. The summed E-state index contributed by atoms with van der Waals surface area (Å²) in [7, 11) is 0. The molecule has 0 bridgehead atoms. The summed E-state index contributed by atoms with van der Waals surface area (Å²) in [5.74, 6) is -2.10. The van der Waals surface area contributed by atoms with E-state index in [2.05, 4.69) is 13.0 Å². The highest BCUT2D eigenvalue weighted by Gasteiger charge is 2.66. The zero-order chi connectivity index (χ0) is 29.8. The van der Waals surface area contributed by atoms with E-state index in [-0.39, 0.29) is 35.6 Å². The first-order valence-electron chi connectivity index (χ1n) is 14.3. The number of fused-ring (bicyclic) bond motifs is 1. The second kappa shape index (κ2) is 10.4. The van der Waals surface area contributed by atoms with E-state index in [4.69, 9.17) is 0 Å². The second-order valence-corrected chi connectivity index (χ2v) is 13.9. The molecule has 39 heavy (non-hydrogen) atoms. The summed E-state index contributed by atoms with van der Waals surface area (Å²) in [6.07, 6.45) is 8.01. The van der Waals surface area contributed by atoms with Gasteiger partial charge in [-0.15, -0.1) is 0 Å². The molecule has 1 saturated carbocycles. The molecule has 0 radical (unpaired) electrons. The van der Waals surface area contributed by atoms with Gasteiger partial charge in [-0.3, -0.25) is 14.4 Å². The SMILES string of the molecule is CCC(=O)CC1(C)C([C@@](C)(O)C(=O)/C=C/C(C)(C)O)[C@@H](O)C[C@@]1(C)[C@@H]1CC=C2[C@H](C=C(O)C(=O)C2(C)C)CC1. The highest BCUT2D eigenvalue weighted by molar-refractivity contribution is 6.01. The third kappa shape index (κ3) is 5.47. The Morgan fingerprint density at radius 2 is 1.72 bits per heavy atom. The molecule has 0 aromatic carbocycles. The molecule has 3 aliphatic carbocycles. The van der Waals surface area contributed by atoms with E-state index in [1.807, 2.05) is 20.8 Å². The highest BCUT2D eigenvalue weighted by Crippen LogP contribution is 2.66. The zero-order valence-corrected chi connectivity index (χ0v) is 24.9. The van der Waals surface area contributed by atoms with Crippen molar-refractivity contribution in [1.29, 1.82) is 0 Å². The van der Waals surface area contributed by atoms with Crippen LogP contribution in [-0.2, 0) is 14.4 Å². The fraction of sp³-hybridized carbons (Fsp3) is 0.719. The molecule has 1 fully saturated rings. The van der Waals surface area contributed by atoms with Crippen molar-refractivity contribution in [2.24, 2.45) is 34.0 Å². The topological polar surface area (TPSA) is 132 Å². The number of Topliss-reactive ketones (excluding diaryl/α,β-unsaturated/α-hetero) is 2. The van der Waals surface area contributed by atoms with Crippen molar-refractivity contribution in [2.45, 2.75) is 111 Å². The minimum atomic E-state index is -1.97. The molecule has 0 aromatic rings. The third-order valence-electron chi connectivity index (χ3n) is 10.3. The van der Waals surface area contributed by atoms with Crippen LogP contribution in [0.2, 0.25) is 0 Å². The Morgan fingerprint density at radius 3 is 2.28 bits per heavy atom. The lowest BCUT2D eigenvalue weighted by molar-refractivity contribution is -0.155. The van der Waals surface area contributed by atoms with E-state index in [0.29, 0.717) is 25.7 Å². The Labute approximate surface area is 233 Å². The summed E-state index contributed by atoms with van der Waals surface area (Å²) in [5, 5.41) is 43.6. The Bertz CT molecular complexity index is 1100. The minimum Gasteiger partial charge on any atom is -0.505 e. The molecular formula is C32H48O7. The maximum atomic E-state index is 13.3. The van der Waals surface area contributed by atoms with E-state index in [9.17, 15) is 34.8 Å². The van der Waals surface area contributed by atoms with Gasteiger partial charge in [-0.05, 0) is 89.2 Å². The largest absolute Gasteiger partial charge is 0.505 e. The average Bonchev–Trinajstić information content (AvgIpc) is 2.94. The lowest BCUT2D eigenvalue weighted by Gasteiger charge is -2.51. The van der Waals surface area contributed by atoms with E-state index in [0.717, 1.165) is 12.0 Å². The molecule has 0 heterocycles. The van der Waals surface area contributed by atoms with Crippen LogP contribution in [0.3, 0.4) is 0 Å². The van der Waals surface area contributed by atoms with Gasteiger partial charge in [0, 0.05) is 24.7 Å². The molecule has 4 N–H and O–H groups in total. The van der Waals surface area contributed by atoms with Crippen LogP contribution in [-0.4, -0.2) is 55.1 Å². The summed E-state index contributed by atoms with van der Waals surface area (Å²) in [6, 6.07) is 0. The van der Waals surface area contributed by atoms with Crippen molar-refractivity contribution in [3.05, 3.63) is 35.6 Å². The Morgan fingerprint density at radius 1 is 1.10 bits per heavy atom. The van der Waals surface area contributed by atoms with Crippen LogP contribution in [0, 0.1) is 34.0 Å². The number of rotatable bonds is 8. The number of aliphatic hydroxyl groups is 4. The fourth-order valence-electron chi connectivity index (χ4n) is 7.90. The molecule has 0 aromatic heterocycles. The predicted molar refractivity (Wildman–Crippen MR) is 150 cm³/mol. The number of aliphatic hydroxyl groups excluding tert-OH is 2. The molecule has 7 atom stereocenters. The van der Waals surface area contributed by atoms with Gasteiger partial charge >= 0.3 is 0 Å². The molecule has 7 heteroatoms. The monoisotopic (exact) mass is 544 g/mol. The number of ketones is 3. The van der Waals surface area contributed by atoms with Crippen LogP contribution in [0.5, 0.6) is 0 Å². The Hall–Kier alpha value is -2.09. The molecule has 2 unspecified atom stereocenters. The van der Waals surface area contributed by atoms with Gasteiger partial charge in [0.2, 0.25) is 5.78 Å². The van der Waals surface area contributed by atoms with Crippen LogP contribution >= 0.6 is 0 Å². The van der Waals surface area contributed by atoms with Gasteiger partial charge in [-0.2, -0.15) is 0 Å². The first-order valence-corrected chi connectivity index (χ1v) is 14.3. The smallest absolute Gasteiger partial charge is 0.206 e. The summed E-state index contributed by atoms with van der Waals surface area (Å²) < 4.78 is 0. The Kier molecular flexibility index (Phi) is 8.37. The van der Waals surface area contributed by atoms with Crippen molar-refractivity contribution in [3.63, 3.8) is 0 Å².